The minimum atomic E-state index is -0.366. The fourth-order valence-electron chi connectivity index (χ4n) is 1.36. The Morgan fingerprint density at radius 1 is 1.44 bits per heavy atom. The van der Waals surface area contributed by atoms with Crippen LogP contribution in [-0.2, 0) is 0 Å². The van der Waals surface area contributed by atoms with E-state index in [2.05, 4.69) is 19.1 Å². The van der Waals surface area contributed by atoms with Gasteiger partial charge in [-0.1, -0.05) is 25.5 Å². The lowest BCUT2D eigenvalue weighted by atomic mass is 9.96. The number of hydrogen-bond donors (Lipinski definition) is 1. The van der Waals surface area contributed by atoms with Gasteiger partial charge in [-0.15, -0.1) is 0 Å². The van der Waals surface area contributed by atoms with Gasteiger partial charge >= 0.3 is 0 Å². The maximum absolute atomic E-state index is 9.63. The van der Waals surface area contributed by atoms with Gasteiger partial charge in [0.05, 0.1) is 5.60 Å². The van der Waals surface area contributed by atoms with Crippen molar-refractivity contribution in [2.24, 2.45) is 0 Å². The van der Waals surface area contributed by atoms with Gasteiger partial charge in [-0.2, -0.15) is 0 Å². The average Bonchev–Trinajstić information content (AvgIpc) is 2.16. The Bertz CT molecular complexity index is 108. The molecule has 0 atom stereocenters. The van der Waals surface area contributed by atoms with Gasteiger partial charge < -0.3 is 5.11 Å². The van der Waals surface area contributed by atoms with Crippen molar-refractivity contribution in [2.75, 3.05) is 0 Å². The van der Waals surface area contributed by atoms with Gasteiger partial charge in [-0.05, 0) is 19.3 Å². The summed E-state index contributed by atoms with van der Waals surface area (Å²) in [6.07, 6.45) is 7.88. The maximum Gasteiger partial charge on any atom is 0.0716 e. The molecule has 0 saturated heterocycles. The minimum absolute atomic E-state index is 0.366. The van der Waals surface area contributed by atoms with E-state index >= 15 is 0 Å². The van der Waals surface area contributed by atoms with Crippen LogP contribution in [0.15, 0.2) is 12.2 Å². The summed E-state index contributed by atoms with van der Waals surface area (Å²) >= 11 is 0. The normalized spacial score (nSPS) is 22.9. The fraction of sp³-hybridized carbons (Fsp3) is 0.750. The first kappa shape index (κ1) is 6.81. The molecule has 0 unspecified atom stereocenters. The summed E-state index contributed by atoms with van der Waals surface area (Å²) in [6.45, 7) is 2.11. The first-order valence-electron chi connectivity index (χ1n) is 3.64. The van der Waals surface area contributed by atoms with Crippen molar-refractivity contribution < 1.29 is 5.11 Å². The van der Waals surface area contributed by atoms with E-state index in [1.165, 1.54) is 0 Å². The summed E-state index contributed by atoms with van der Waals surface area (Å²) in [5.74, 6) is 0. The zero-order valence-corrected chi connectivity index (χ0v) is 5.93. The van der Waals surface area contributed by atoms with Gasteiger partial charge in [-0.3, -0.25) is 0 Å². The molecule has 0 aromatic carbocycles. The number of rotatable bonds is 2. The lowest BCUT2D eigenvalue weighted by molar-refractivity contribution is 0.0442. The number of aliphatic hydroxyl groups is 1. The lowest BCUT2D eigenvalue weighted by Gasteiger charge is -2.20. The third-order valence-electron chi connectivity index (χ3n) is 1.88. The van der Waals surface area contributed by atoms with Crippen LogP contribution in [0, 0.1) is 0 Å². The van der Waals surface area contributed by atoms with Crippen LogP contribution < -0.4 is 0 Å². The molecule has 0 aromatic rings. The monoisotopic (exact) mass is 126 g/mol. The first-order valence-corrected chi connectivity index (χ1v) is 3.64. The largest absolute Gasteiger partial charge is 0.389 e. The second-order valence-electron chi connectivity index (χ2n) is 2.85. The molecule has 1 nitrogen and oxygen atoms in total. The molecule has 1 N–H and O–H groups in total. The van der Waals surface area contributed by atoms with Crippen LogP contribution in [0.3, 0.4) is 0 Å². The molecule has 1 aliphatic rings. The average molecular weight is 126 g/mol. The molecule has 9 heavy (non-hydrogen) atoms. The summed E-state index contributed by atoms with van der Waals surface area (Å²) in [6, 6.07) is 0. The third kappa shape index (κ3) is 1.55. The Kier molecular flexibility index (Phi) is 1.91. The van der Waals surface area contributed by atoms with E-state index in [0.29, 0.717) is 0 Å². The van der Waals surface area contributed by atoms with Crippen LogP contribution >= 0.6 is 0 Å². The fourth-order valence-corrected chi connectivity index (χ4v) is 1.36. The summed E-state index contributed by atoms with van der Waals surface area (Å²) in [4.78, 5) is 0. The highest BCUT2D eigenvalue weighted by Crippen LogP contribution is 2.27. The van der Waals surface area contributed by atoms with Crippen molar-refractivity contribution in [1.29, 1.82) is 0 Å². The van der Waals surface area contributed by atoms with E-state index in [4.69, 9.17) is 0 Å². The smallest absolute Gasteiger partial charge is 0.0716 e. The molecule has 1 aliphatic carbocycles. The second-order valence-corrected chi connectivity index (χ2v) is 2.85. The van der Waals surface area contributed by atoms with Crippen molar-refractivity contribution in [1.82, 2.24) is 0 Å². The van der Waals surface area contributed by atoms with Crippen LogP contribution in [0.1, 0.15) is 32.6 Å². The zero-order chi connectivity index (χ0) is 6.74. The van der Waals surface area contributed by atoms with E-state index in [9.17, 15) is 5.11 Å². The van der Waals surface area contributed by atoms with E-state index in [-0.39, 0.29) is 5.60 Å². The Morgan fingerprint density at radius 2 is 2.00 bits per heavy atom. The molecule has 0 radical (unpaired) electrons. The topological polar surface area (TPSA) is 20.2 Å². The summed E-state index contributed by atoms with van der Waals surface area (Å²) in [7, 11) is 0. The first-order chi connectivity index (χ1) is 4.27. The van der Waals surface area contributed by atoms with Crippen molar-refractivity contribution in [3.8, 4) is 0 Å². The lowest BCUT2D eigenvalue weighted by Crippen LogP contribution is -2.23. The van der Waals surface area contributed by atoms with Gasteiger partial charge in [0.2, 0.25) is 0 Å². The molecule has 0 spiro atoms. The molecular formula is C8H14O. The SMILES string of the molecule is CCCC1(O)CC=CC1. The molecule has 0 fully saturated rings. The van der Waals surface area contributed by atoms with Crippen LogP contribution in [0.2, 0.25) is 0 Å². The Labute approximate surface area is 56.4 Å². The Hall–Kier alpha value is -0.300. The summed E-state index contributed by atoms with van der Waals surface area (Å²) in [5.41, 5.74) is -0.366. The van der Waals surface area contributed by atoms with E-state index in [1.54, 1.807) is 0 Å². The van der Waals surface area contributed by atoms with Crippen LogP contribution in [-0.4, -0.2) is 10.7 Å². The van der Waals surface area contributed by atoms with Crippen molar-refractivity contribution in [2.45, 2.75) is 38.2 Å². The second kappa shape index (κ2) is 2.53. The predicted molar refractivity (Wildman–Crippen MR) is 38.2 cm³/mol. The molecule has 1 heteroatoms. The maximum atomic E-state index is 9.63. The Morgan fingerprint density at radius 3 is 2.44 bits per heavy atom. The molecule has 0 bridgehead atoms. The van der Waals surface area contributed by atoms with Crippen molar-refractivity contribution in [3.05, 3.63) is 12.2 Å². The summed E-state index contributed by atoms with van der Waals surface area (Å²) < 4.78 is 0. The molecule has 1 rings (SSSR count). The van der Waals surface area contributed by atoms with Crippen molar-refractivity contribution in [3.63, 3.8) is 0 Å². The molecule has 52 valence electrons. The summed E-state index contributed by atoms with van der Waals surface area (Å²) in [5, 5.41) is 9.63. The standard InChI is InChI=1S/C8H14O/c1-2-5-8(9)6-3-4-7-8/h3-4,9H,2,5-7H2,1H3. The zero-order valence-electron chi connectivity index (χ0n) is 5.93. The molecule has 0 amide bonds. The van der Waals surface area contributed by atoms with Gasteiger partial charge in [0.1, 0.15) is 0 Å². The molecule has 0 aromatic heterocycles. The van der Waals surface area contributed by atoms with E-state index in [1.807, 2.05) is 0 Å². The van der Waals surface area contributed by atoms with E-state index in [0.717, 1.165) is 25.7 Å². The molecule has 0 saturated carbocycles. The Balaban J connectivity index is 2.36. The van der Waals surface area contributed by atoms with E-state index < -0.39 is 0 Å². The third-order valence-corrected chi connectivity index (χ3v) is 1.88. The van der Waals surface area contributed by atoms with Crippen LogP contribution in [0.5, 0.6) is 0 Å². The van der Waals surface area contributed by atoms with Gasteiger partial charge in [0.15, 0.2) is 0 Å². The molecular weight excluding hydrogens is 112 g/mol. The highest BCUT2D eigenvalue weighted by atomic mass is 16.3. The number of hydrogen-bond acceptors (Lipinski definition) is 1. The highest BCUT2D eigenvalue weighted by Gasteiger charge is 2.25. The van der Waals surface area contributed by atoms with Crippen LogP contribution in [0.4, 0.5) is 0 Å². The van der Waals surface area contributed by atoms with Gasteiger partial charge in [0, 0.05) is 0 Å². The van der Waals surface area contributed by atoms with Gasteiger partial charge in [-0.25, -0.2) is 0 Å². The quantitative estimate of drug-likeness (QED) is 0.560. The minimum Gasteiger partial charge on any atom is -0.389 e. The molecule has 0 heterocycles. The molecule has 0 aliphatic heterocycles. The van der Waals surface area contributed by atoms with Crippen molar-refractivity contribution >= 4 is 0 Å². The van der Waals surface area contributed by atoms with Crippen LogP contribution in [0.25, 0.3) is 0 Å². The predicted octanol–water partition coefficient (Wildman–Crippen LogP) is 1.87. The van der Waals surface area contributed by atoms with Gasteiger partial charge in [0.25, 0.3) is 0 Å². The highest BCUT2D eigenvalue weighted by molar-refractivity contribution is 5.03.